The molecule has 2 heterocycles. The number of para-hydroxylation sites is 3. The van der Waals surface area contributed by atoms with Crippen LogP contribution in [0.5, 0.6) is 11.5 Å². The highest BCUT2D eigenvalue weighted by Gasteiger charge is 2.48. The largest absolute Gasteiger partial charge is 0.487 e. The number of amides is 1. The van der Waals surface area contributed by atoms with Gasteiger partial charge >= 0.3 is 5.97 Å². The molecule has 4 rings (SSSR count). The van der Waals surface area contributed by atoms with E-state index in [9.17, 15) is 35.1 Å². The molecular weight excluding hydrogens is 550 g/mol. The van der Waals surface area contributed by atoms with Crippen LogP contribution in [0.15, 0.2) is 42.5 Å². The van der Waals surface area contributed by atoms with E-state index >= 15 is 0 Å². The van der Waals surface area contributed by atoms with Gasteiger partial charge in [0.1, 0.15) is 31.0 Å². The van der Waals surface area contributed by atoms with Gasteiger partial charge in [-0.05, 0) is 37.1 Å². The zero-order chi connectivity index (χ0) is 30.4. The van der Waals surface area contributed by atoms with Crippen LogP contribution < -0.4 is 14.8 Å². The van der Waals surface area contributed by atoms with Crippen LogP contribution >= 0.6 is 0 Å². The summed E-state index contributed by atoms with van der Waals surface area (Å²) >= 11 is 0. The number of aliphatic hydroxyl groups is 4. The molecule has 2 aromatic carbocycles. The van der Waals surface area contributed by atoms with E-state index in [4.69, 9.17) is 14.2 Å². The molecule has 0 radical (unpaired) electrons. The van der Waals surface area contributed by atoms with Crippen molar-refractivity contribution in [2.24, 2.45) is 0 Å². The van der Waals surface area contributed by atoms with Crippen molar-refractivity contribution in [2.75, 3.05) is 51.2 Å². The van der Waals surface area contributed by atoms with Crippen LogP contribution in [0.3, 0.4) is 0 Å². The maximum absolute atomic E-state index is 12.6. The lowest BCUT2D eigenvalue weighted by atomic mass is 9.99. The maximum atomic E-state index is 12.6. The number of benzene rings is 2. The summed E-state index contributed by atoms with van der Waals surface area (Å²) in [6, 6.07) is 12.2. The number of anilines is 1. The van der Waals surface area contributed by atoms with Gasteiger partial charge in [0, 0.05) is 38.4 Å². The van der Waals surface area contributed by atoms with Crippen molar-refractivity contribution >= 4 is 17.6 Å². The van der Waals surface area contributed by atoms with Crippen LogP contribution in [0.1, 0.15) is 11.1 Å². The standard InChI is InChI=1S/C29H39N3O10/c1-17-6-5-7-18(2)23(17)30-22(34)15-32-12-10-31(11-13-32)14-19(33)16-40-20-8-3-4-9-21(20)41-29-26(37)24(35)25(36)27(42-29)28(38)39/h3-9,19,24-27,29,33,35-37H,10-16H2,1-2H3,(H,30,34)(H,38,39)/t19?,24-,25-,26+,27-,29?/m1/s1. The van der Waals surface area contributed by atoms with Crippen LogP contribution in [-0.4, -0.2) is 130 Å². The quantitative estimate of drug-likeness (QED) is 0.199. The fourth-order valence-electron chi connectivity index (χ4n) is 5.00. The Morgan fingerprint density at radius 2 is 1.55 bits per heavy atom. The van der Waals surface area contributed by atoms with E-state index in [0.717, 1.165) is 16.8 Å². The Kier molecular flexibility index (Phi) is 10.7. The van der Waals surface area contributed by atoms with E-state index < -0.39 is 42.8 Å². The molecule has 13 nitrogen and oxygen atoms in total. The second-order valence-electron chi connectivity index (χ2n) is 10.7. The number of nitrogens with zero attached hydrogens (tertiary/aromatic N) is 2. The van der Waals surface area contributed by atoms with Gasteiger partial charge in [0.15, 0.2) is 17.6 Å². The number of hydrogen-bond acceptors (Lipinski definition) is 11. The SMILES string of the molecule is Cc1cccc(C)c1NC(=O)CN1CCN(CC(O)COc2ccccc2OC2O[C@@H](C(=O)O)[C@H](O)[C@@H](O)[C@@H]2O)CC1. The zero-order valence-electron chi connectivity index (χ0n) is 23.6. The van der Waals surface area contributed by atoms with Gasteiger partial charge in [0.25, 0.3) is 0 Å². The average molecular weight is 590 g/mol. The molecule has 42 heavy (non-hydrogen) atoms. The maximum Gasteiger partial charge on any atom is 0.335 e. The first-order chi connectivity index (χ1) is 20.0. The number of carboxylic acid groups (broad SMARTS) is 1. The molecule has 13 heteroatoms. The topological polar surface area (TPSA) is 181 Å². The van der Waals surface area contributed by atoms with Gasteiger partial charge in [-0.15, -0.1) is 0 Å². The van der Waals surface area contributed by atoms with E-state index in [1.54, 1.807) is 18.2 Å². The Balaban J connectivity index is 1.23. The second-order valence-corrected chi connectivity index (χ2v) is 10.7. The van der Waals surface area contributed by atoms with E-state index in [2.05, 4.69) is 15.1 Å². The summed E-state index contributed by atoms with van der Waals surface area (Å²) in [6.07, 6.45) is -9.58. The predicted molar refractivity (Wildman–Crippen MR) is 150 cm³/mol. The van der Waals surface area contributed by atoms with Gasteiger partial charge in [0.2, 0.25) is 12.2 Å². The molecule has 0 aromatic heterocycles. The van der Waals surface area contributed by atoms with Gasteiger partial charge in [0.05, 0.1) is 6.54 Å². The molecule has 6 N–H and O–H groups in total. The Bertz CT molecular complexity index is 1200. The van der Waals surface area contributed by atoms with E-state index in [0.29, 0.717) is 32.7 Å². The van der Waals surface area contributed by atoms with E-state index in [-0.39, 0.29) is 30.6 Å². The lowest BCUT2D eigenvalue weighted by Gasteiger charge is -2.38. The molecule has 0 saturated carbocycles. The van der Waals surface area contributed by atoms with Crippen molar-refractivity contribution in [3.05, 3.63) is 53.6 Å². The van der Waals surface area contributed by atoms with Crippen LogP contribution in [0.4, 0.5) is 5.69 Å². The number of carbonyl (C=O) groups excluding carboxylic acids is 1. The Morgan fingerprint density at radius 3 is 2.19 bits per heavy atom. The molecule has 2 saturated heterocycles. The summed E-state index contributed by atoms with van der Waals surface area (Å²) in [6.45, 7) is 7.17. The van der Waals surface area contributed by atoms with Crippen molar-refractivity contribution in [1.29, 1.82) is 0 Å². The number of ether oxygens (including phenoxy) is 3. The van der Waals surface area contributed by atoms with Crippen molar-refractivity contribution in [3.8, 4) is 11.5 Å². The molecule has 0 spiro atoms. The second kappa shape index (κ2) is 14.2. The minimum absolute atomic E-state index is 0.0644. The molecule has 2 aliphatic rings. The first-order valence-electron chi connectivity index (χ1n) is 13.8. The van der Waals surface area contributed by atoms with Crippen LogP contribution in [-0.2, 0) is 14.3 Å². The molecule has 2 fully saturated rings. The number of β-amino-alcohol motifs (C(OH)–C–C–N with tert-alkyl or cyclic N) is 1. The molecule has 0 aliphatic carbocycles. The molecule has 0 bridgehead atoms. The normalized spacial score (nSPS) is 25.9. The minimum atomic E-state index is -1.83. The van der Waals surface area contributed by atoms with Gasteiger partial charge in [-0.1, -0.05) is 30.3 Å². The summed E-state index contributed by atoms with van der Waals surface area (Å²) in [7, 11) is 0. The summed E-state index contributed by atoms with van der Waals surface area (Å²) in [4.78, 5) is 28.1. The monoisotopic (exact) mass is 589 g/mol. The number of hydrogen-bond donors (Lipinski definition) is 6. The Labute approximate surface area is 243 Å². The first-order valence-corrected chi connectivity index (χ1v) is 13.8. The summed E-state index contributed by atoms with van der Waals surface area (Å²) in [5, 5.41) is 53.1. The fourth-order valence-corrected chi connectivity index (χ4v) is 5.00. The van der Waals surface area contributed by atoms with Crippen LogP contribution in [0, 0.1) is 13.8 Å². The average Bonchev–Trinajstić information content (AvgIpc) is 2.95. The van der Waals surface area contributed by atoms with Crippen molar-refractivity contribution in [1.82, 2.24) is 9.80 Å². The number of piperazine rings is 1. The number of aliphatic hydroxyl groups excluding tert-OH is 4. The highest BCUT2D eigenvalue weighted by atomic mass is 16.7. The molecular formula is C29H39N3O10. The van der Waals surface area contributed by atoms with Crippen molar-refractivity contribution < 1.29 is 49.3 Å². The van der Waals surface area contributed by atoms with E-state index in [1.807, 2.05) is 32.0 Å². The number of carboxylic acids is 1. The third-order valence-corrected chi connectivity index (χ3v) is 7.38. The van der Waals surface area contributed by atoms with Gasteiger partial charge in [-0.25, -0.2) is 4.79 Å². The highest BCUT2D eigenvalue weighted by Crippen LogP contribution is 2.31. The van der Waals surface area contributed by atoms with Crippen LogP contribution in [0.2, 0.25) is 0 Å². The summed E-state index contributed by atoms with van der Waals surface area (Å²) in [5.41, 5.74) is 2.88. The number of nitrogens with one attached hydrogen (secondary N) is 1. The molecule has 2 aromatic rings. The Hall–Kier alpha value is -3.30. The number of carbonyl (C=O) groups is 2. The molecule has 2 unspecified atom stereocenters. The third-order valence-electron chi connectivity index (χ3n) is 7.38. The molecule has 2 aliphatic heterocycles. The lowest BCUT2D eigenvalue weighted by molar-refractivity contribution is -0.271. The fraction of sp³-hybridized carbons (Fsp3) is 0.517. The highest BCUT2D eigenvalue weighted by molar-refractivity contribution is 5.93. The van der Waals surface area contributed by atoms with Gasteiger partial charge < -0.3 is 45.1 Å². The van der Waals surface area contributed by atoms with Crippen LogP contribution in [0.25, 0.3) is 0 Å². The number of aryl methyl sites for hydroxylation is 2. The zero-order valence-corrected chi connectivity index (χ0v) is 23.6. The third kappa shape index (κ3) is 7.95. The van der Waals surface area contributed by atoms with E-state index in [1.165, 1.54) is 6.07 Å². The predicted octanol–water partition coefficient (Wildman–Crippen LogP) is -0.430. The molecule has 230 valence electrons. The van der Waals surface area contributed by atoms with Gasteiger partial charge in [-0.2, -0.15) is 0 Å². The smallest absolute Gasteiger partial charge is 0.335 e. The molecule has 6 atom stereocenters. The number of rotatable bonds is 11. The van der Waals surface area contributed by atoms with Crippen molar-refractivity contribution in [2.45, 2.75) is 50.7 Å². The first kappa shape index (κ1) is 31.6. The lowest BCUT2D eigenvalue weighted by Crippen LogP contribution is -2.61. The number of aliphatic carboxylic acids is 1. The summed E-state index contributed by atoms with van der Waals surface area (Å²) in [5.74, 6) is -1.28. The van der Waals surface area contributed by atoms with Crippen molar-refractivity contribution in [3.63, 3.8) is 0 Å². The molecule has 1 amide bonds. The van der Waals surface area contributed by atoms with Gasteiger partial charge in [-0.3, -0.25) is 14.6 Å². The Morgan fingerprint density at radius 1 is 0.929 bits per heavy atom. The minimum Gasteiger partial charge on any atom is -0.487 e. The summed E-state index contributed by atoms with van der Waals surface area (Å²) < 4.78 is 16.5.